The van der Waals surface area contributed by atoms with Crippen LogP contribution >= 0.6 is 15.9 Å². The van der Waals surface area contributed by atoms with Gasteiger partial charge in [-0.2, -0.15) is 0 Å². The van der Waals surface area contributed by atoms with Gasteiger partial charge in [-0.15, -0.1) is 0 Å². The van der Waals surface area contributed by atoms with E-state index in [0.717, 1.165) is 18.5 Å². The Morgan fingerprint density at radius 1 is 1.19 bits per heavy atom. The predicted octanol–water partition coefficient (Wildman–Crippen LogP) is 4.78. The Labute approximate surface area is 133 Å². The number of benzene rings is 2. The van der Waals surface area contributed by atoms with Gasteiger partial charge in [0.2, 0.25) is 0 Å². The van der Waals surface area contributed by atoms with Crippen LogP contribution in [0.1, 0.15) is 41.6 Å². The molecule has 0 saturated heterocycles. The maximum atomic E-state index is 13.8. The molecule has 0 saturated carbocycles. The van der Waals surface area contributed by atoms with Crippen LogP contribution in [-0.2, 0) is 12.8 Å². The lowest BCUT2D eigenvalue weighted by Crippen LogP contribution is -2.22. The first-order valence-electron chi connectivity index (χ1n) is 7.49. The molecular weight excluding hydrogens is 329 g/mol. The Morgan fingerprint density at radius 2 is 2.00 bits per heavy atom. The van der Waals surface area contributed by atoms with Gasteiger partial charge in [-0.25, -0.2) is 4.39 Å². The van der Waals surface area contributed by atoms with Crippen LogP contribution in [-0.4, -0.2) is 6.54 Å². The Bertz CT molecular complexity index is 654. The molecule has 0 radical (unpaired) electrons. The summed E-state index contributed by atoms with van der Waals surface area (Å²) in [4.78, 5) is 0. The smallest absolute Gasteiger partial charge is 0.137 e. The van der Waals surface area contributed by atoms with Gasteiger partial charge in [0.15, 0.2) is 0 Å². The Hall–Kier alpha value is -1.19. The number of fused-ring (bicyclic) bond motifs is 1. The van der Waals surface area contributed by atoms with Crippen LogP contribution in [0.25, 0.3) is 0 Å². The molecule has 3 heteroatoms. The minimum absolute atomic E-state index is 0.0194. The molecule has 0 bridgehead atoms. The number of rotatable bonds is 4. The molecule has 1 aliphatic rings. The molecule has 2 aromatic carbocycles. The lowest BCUT2D eigenvalue weighted by molar-refractivity contribution is 0.595. The lowest BCUT2D eigenvalue weighted by Gasteiger charge is -2.21. The van der Waals surface area contributed by atoms with E-state index in [1.807, 2.05) is 6.07 Å². The summed E-state index contributed by atoms with van der Waals surface area (Å²) in [6.07, 6.45) is 3.59. The van der Waals surface area contributed by atoms with E-state index in [-0.39, 0.29) is 11.9 Å². The van der Waals surface area contributed by atoms with E-state index in [9.17, 15) is 4.39 Å². The Balaban J connectivity index is 2.03. The van der Waals surface area contributed by atoms with Gasteiger partial charge in [-0.1, -0.05) is 37.3 Å². The van der Waals surface area contributed by atoms with E-state index in [2.05, 4.69) is 46.4 Å². The minimum Gasteiger partial charge on any atom is -0.306 e. The molecule has 1 unspecified atom stereocenters. The minimum atomic E-state index is -0.212. The average molecular weight is 348 g/mol. The third-order valence-electron chi connectivity index (χ3n) is 4.16. The second kappa shape index (κ2) is 6.29. The fraction of sp³-hybridized carbons (Fsp3) is 0.333. The molecule has 0 amide bonds. The Morgan fingerprint density at radius 3 is 2.81 bits per heavy atom. The van der Waals surface area contributed by atoms with Crippen molar-refractivity contribution in [1.29, 1.82) is 0 Å². The standard InChI is InChI=1S/C18H19BrFN/c1-2-21-18(15-7-4-8-16(20)17(15)19)14-10-9-12-5-3-6-13(12)11-14/h4,7-11,18,21H,2-3,5-6H2,1H3. The quantitative estimate of drug-likeness (QED) is 0.839. The monoisotopic (exact) mass is 347 g/mol. The zero-order valence-corrected chi connectivity index (χ0v) is 13.7. The third-order valence-corrected chi connectivity index (χ3v) is 4.99. The van der Waals surface area contributed by atoms with Crippen molar-refractivity contribution in [3.63, 3.8) is 0 Å². The molecule has 0 spiro atoms. The largest absolute Gasteiger partial charge is 0.306 e. The van der Waals surface area contributed by atoms with Crippen LogP contribution in [0.3, 0.4) is 0 Å². The zero-order chi connectivity index (χ0) is 14.8. The number of nitrogens with one attached hydrogen (secondary N) is 1. The second-order valence-corrected chi connectivity index (χ2v) is 6.31. The number of hydrogen-bond donors (Lipinski definition) is 1. The maximum absolute atomic E-state index is 13.8. The number of hydrogen-bond acceptors (Lipinski definition) is 1. The first-order chi connectivity index (χ1) is 10.2. The summed E-state index contributed by atoms with van der Waals surface area (Å²) in [5.74, 6) is -0.212. The predicted molar refractivity (Wildman–Crippen MR) is 88.1 cm³/mol. The summed E-state index contributed by atoms with van der Waals surface area (Å²) in [5.41, 5.74) is 5.08. The van der Waals surface area contributed by atoms with Gasteiger partial charge in [0, 0.05) is 0 Å². The van der Waals surface area contributed by atoms with Gasteiger partial charge in [-0.05, 0) is 70.1 Å². The van der Waals surface area contributed by atoms with Gasteiger partial charge >= 0.3 is 0 Å². The molecule has 0 heterocycles. The third kappa shape index (κ3) is 2.90. The van der Waals surface area contributed by atoms with Gasteiger partial charge in [-0.3, -0.25) is 0 Å². The summed E-state index contributed by atoms with van der Waals surface area (Å²) < 4.78 is 14.4. The van der Waals surface area contributed by atoms with Crippen molar-refractivity contribution in [2.24, 2.45) is 0 Å². The van der Waals surface area contributed by atoms with Gasteiger partial charge in [0.05, 0.1) is 10.5 Å². The highest BCUT2D eigenvalue weighted by atomic mass is 79.9. The molecule has 0 fully saturated rings. The van der Waals surface area contributed by atoms with Crippen molar-refractivity contribution in [3.05, 3.63) is 68.9 Å². The van der Waals surface area contributed by atoms with Gasteiger partial charge < -0.3 is 5.32 Å². The van der Waals surface area contributed by atoms with E-state index in [1.165, 1.54) is 35.6 Å². The van der Waals surface area contributed by atoms with Crippen molar-refractivity contribution < 1.29 is 4.39 Å². The topological polar surface area (TPSA) is 12.0 Å². The van der Waals surface area contributed by atoms with Crippen molar-refractivity contribution in [2.45, 2.75) is 32.2 Å². The highest BCUT2D eigenvalue weighted by molar-refractivity contribution is 9.10. The van der Waals surface area contributed by atoms with E-state index in [4.69, 9.17) is 0 Å². The van der Waals surface area contributed by atoms with Crippen LogP contribution in [0.5, 0.6) is 0 Å². The zero-order valence-electron chi connectivity index (χ0n) is 12.1. The second-order valence-electron chi connectivity index (χ2n) is 5.52. The molecule has 3 rings (SSSR count). The van der Waals surface area contributed by atoms with Crippen molar-refractivity contribution in [3.8, 4) is 0 Å². The first kappa shape index (κ1) is 14.7. The fourth-order valence-corrected chi connectivity index (χ4v) is 3.62. The van der Waals surface area contributed by atoms with Crippen LogP contribution < -0.4 is 5.32 Å². The van der Waals surface area contributed by atoms with Crippen LogP contribution in [0.2, 0.25) is 0 Å². The molecule has 0 aromatic heterocycles. The number of aryl methyl sites for hydroxylation is 2. The molecule has 2 aromatic rings. The van der Waals surface area contributed by atoms with E-state index in [1.54, 1.807) is 6.07 Å². The summed E-state index contributed by atoms with van der Waals surface area (Å²) in [7, 11) is 0. The van der Waals surface area contributed by atoms with Crippen molar-refractivity contribution >= 4 is 15.9 Å². The van der Waals surface area contributed by atoms with Gasteiger partial charge in [0.25, 0.3) is 0 Å². The molecule has 21 heavy (non-hydrogen) atoms. The van der Waals surface area contributed by atoms with E-state index < -0.39 is 0 Å². The summed E-state index contributed by atoms with van der Waals surface area (Å²) in [6, 6.07) is 11.9. The Kier molecular flexibility index (Phi) is 4.41. The SMILES string of the molecule is CCNC(c1ccc2c(c1)CCC2)c1cccc(F)c1Br. The van der Waals surface area contributed by atoms with Crippen LogP contribution in [0.4, 0.5) is 4.39 Å². The van der Waals surface area contributed by atoms with Crippen molar-refractivity contribution in [2.75, 3.05) is 6.54 Å². The fourth-order valence-electron chi connectivity index (χ4n) is 3.13. The van der Waals surface area contributed by atoms with Crippen LogP contribution in [0.15, 0.2) is 40.9 Å². The van der Waals surface area contributed by atoms with Crippen LogP contribution in [0, 0.1) is 5.82 Å². The molecule has 110 valence electrons. The highest BCUT2D eigenvalue weighted by Gasteiger charge is 2.20. The van der Waals surface area contributed by atoms with Crippen molar-refractivity contribution in [1.82, 2.24) is 5.32 Å². The summed E-state index contributed by atoms with van der Waals surface area (Å²) in [5, 5.41) is 3.48. The van der Waals surface area contributed by atoms with E-state index in [0.29, 0.717) is 4.47 Å². The first-order valence-corrected chi connectivity index (χ1v) is 8.29. The molecule has 1 atom stereocenters. The molecule has 1 nitrogen and oxygen atoms in total. The summed E-state index contributed by atoms with van der Waals surface area (Å²) in [6.45, 7) is 2.91. The highest BCUT2D eigenvalue weighted by Crippen LogP contribution is 2.32. The van der Waals surface area contributed by atoms with Gasteiger partial charge in [0.1, 0.15) is 5.82 Å². The molecular formula is C18H19BrFN. The molecule has 0 aliphatic heterocycles. The normalized spacial score (nSPS) is 15.0. The molecule has 1 N–H and O–H groups in total. The maximum Gasteiger partial charge on any atom is 0.137 e. The molecule has 1 aliphatic carbocycles. The average Bonchev–Trinajstić information content (AvgIpc) is 2.95. The van der Waals surface area contributed by atoms with E-state index >= 15 is 0 Å². The summed E-state index contributed by atoms with van der Waals surface area (Å²) >= 11 is 3.40. The number of halogens is 2. The lowest BCUT2D eigenvalue weighted by atomic mass is 9.95.